The Morgan fingerprint density at radius 2 is 2.33 bits per heavy atom. The van der Waals surface area contributed by atoms with Crippen molar-refractivity contribution in [3.8, 4) is 0 Å². The highest BCUT2D eigenvalue weighted by Gasteiger charge is 2.23. The van der Waals surface area contributed by atoms with E-state index in [1.807, 2.05) is 0 Å². The highest BCUT2D eigenvalue weighted by atomic mass is 16.6. The summed E-state index contributed by atoms with van der Waals surface area (Å²) in [6.07, 6.45) is 1.02. The molecule has 0 radical (unpaired) electrons. The second kappa shape index (κ2) is 4.48. The summed E-state index contributed by atoms with van der Waals surface area (Å²) in [5, 5.41) is 13.4. The van der Waals surface area contributed by atoms with Gasteiger partial charge in [0.2, 0.25) is 0 Å². The Hall–Kier alpha value is -2.37. The van der Waals surface area contributed by atoms with Crippen molar-refractivity contribution >= 4 is 23.5 Å². The fraction of sp³-hybridized carbons (Fsp3) is 0.250. The largest absolute Gasteiger partial charge is 0.446 e. The van der Waals surface area contributed by atoms with Gasteiger partial charge in [-0.2, -0.15) is 0 Å². The van der Waals surface area contributed by atoms with Crippen molar-refractivity contribution in [3.63, 3.8) is 0 Å². The van der Waals surface area contributed by atoms with Crippen LogP contribution < -0.4 is 5.32 Å². The van der Waals surface area contributed by atoms with Crippen LogP contribution in [0.25, 0.3) is 6.08 Å². The number of non-ortho nitro benzene ring substituents is 1. The van der Waals surface area contributed by atoms with E-state index in [2.05, 4.69) is 11.9 Å². The Bertz CT molecular complexity index is 539. The summed E-state index contributed by atoms with van der Waals surface area (Å²) in [6.45, 7) is 5.34. The van der Waals surface area contributed by atoms with Crippen molar-refractivity contribution in [2.24, 2.45) is 0 Å². The summed E-state index contributed by atoms with van der Waals surface area (Å²) < 4.78 is 5.04. The van der Waals surface area contributed by atoms with Gasteiger partial charge in [0, 0.05) is 24.1 Å². The zero-order chi connectivity index (χ0) is 13.3. The maximum atomic E-state index is 11.4. The molecule has 6 nitrogen and oxygen atoms in total. The van der Waals surface area contributed by atoms with Crippen molar-refractivity contribution in [2.45, 2.75) is 19.4 Å². The molecule has 6 heteroatoms. The van der Waals surface area contributed by atoms with E-state index in [1.165, 1.54) is 18.2 Å². The third-order valence-corrected chi connectivity index (χ3v) is 2.71. The van der Waals surface area contributed by atoms with Crippen LogP contribution >= 0.6 is 0 Å². The summed E-state index contributed by atoms with van der Waals surface area (Å²) in [5.74, 6) is 0. The Balaban J connectivity index is 2.59. The first-order valence-electron chi connectivity index (χ1n) is 5.42. The molecule has 2 rings (SSSR count). The molecular formula is C12H12N2O4. The highest BCUT2D eigenvalue weighted by molar-refractivity contribution is 5.90. The van der Waals surface area contributed by atoms with Crippen LogP contribution in [0.1, 0.15) is 18.1 Å². The quantitative estimate of drug-likeness (QED) is 0.644. The molecule has 94 valence electrons. The number of carbonyl (C=O) groups excluding carboxylic acids is 1. The van der Waals surface area contributed by atoms with Gasteiger partial charge >= 0.3 is 6.09 Å². The molecule has 1 amide bonds. The zero-order valence-electron chi connectivity index (χ0n) is 9.80. The van der Waals surface area contributed by atoms with E-state index in [9.17, 15) is 14.9 Å². The van der Waals surface area contributed by atoms with E-state index in [-0.39, 0.29) is 11.8 Å². The smallest absolute Gasteiger partial charge is 0.411 e. The molecule has 1 atom stereocenters. The first kappa shape index (κ1) is 12.1. The van der Waals surface area contributed by atoms with E-state index in [0.717, 1.165) is 0 Å². The second-order valence-corrected chi connectivity index (χ2v) is 4.08. The van der Waals surface area contributed by atoms with Gasteiger partial charge in [-0.3, -0.25) is 15.4 Å². The summed E-state index contributed by atoms with van der Waals surface area (Å²) >= 11 is 0. The number of rotatable bonds is 2. The number of nitro benzene ring substituents is 1. The molecule has 0 aromatic heterocycles. The molecule has 0 saturated heterocycles. The molecule has 0 spiro atoms. The maximum absolute atomic E-state index is 11.4. The van der Waals surface area contributed by atoms with E-state index in [0.29, 0.717) is 23.2 Å². The van der Waals surface area contributed by atoms with Gasteiger partial charge in [-0.1, -0.05) is 12.7 Å². The lowest BCUT2D eigenvalue weighted by molar-refractivity contribution is -0.384. The summed E-state index contributed by atoms with van der Waals surface area (Å²) in [4.78, 5) is 21.8. The van der Waals surface area contributed by atoms with E-state index in [1.54, 1.807) is 6.92 Å². The number of hydrogen-bond donors (Lipinski definition) is 1. The monoisotopic (exact) mass is 248 g/mol. The Kier molecular flexibility index (Phi) is 3.01. The fourth-order valence-corrected chi connectivity index (χ4v) is 1.95. The number of benzene rings is 1. The van der Waals surface area contributed by atoms with Crippen LogP contribution in [0.3, 0.4) is 0 Å². The standard InChI is InChI=1S/C12H12N2O4/c1-3-8-5-10(14(16)17)6-9-4-7(2)18-12(15)13-11(8)9/h3,5-7H,1,4H2,2H3,(H,13,15). The number of cyclic esters (lactones) is 1. The topological polar surface area (TPSA) is 81.5 Å². The molecular weight excluding hydrogens is 236 g/mol. The molecule has 1 aromatic carbocycles. The average Bonchev–Trinajstić information content (AvgIpc) is 2.43. The summed E-state index contributed by atoms with van der Waals surface area (Å²) in [5.41, 5.74) is 1.71. The molecule has 0 fully saturated rings. The van der Waals surface area contributed by atoms with Crippen molar-refractivity contribution in [2.75, 3.05) is 5.32 Å². The van der Waals surface area contributed by atoms with Gasteiger partial charge in [-0.25, -0.2) is 4.79 Å². The van der Waals surface area contributed by atoms with E-state index < -0.39 is 11.0 Å². The van der Waals surface area contributed by atoms with Crippen LogP contribution in [0, 0.1) is 10.1 Å². The fourth-order valence-electron chi connectivity index (χ4n) is 1.95. The average molecular weight is 248 g/mol. The van der Waals surface area contributed by atoms with E-state index >= 15 is 0 Å². The molecule has 0 bridgehead atoms. The molecule has 1 unspecified atom stereocenters. The van der Waals surface area contributed by atoms with Crippen molar-refractivity contribution in [1.82, 2.24) is 0 Å². The minimum atomic E-state index is -0.557. The van der Waals surface area contributed by atoms with E-state index in [4.69, 9.17) is 4.74 Å². The van der Waals surface area contributed by atoms with Crippen molar-refractivity contribution < 1.29 is 14.5 Å². The number of nitrogens with zero attached hydrogens (tertiary/aromatic N) is 1. The third-order valence-electron chi connectivity index (χ3n) is 2.71. The SMILES string of the molecule is C=Cc1cc([N+](=O)[O-])cc2c1NC(=O)OC(C)C2. The second-order valence-electron chi connectivity index (χ2n) is 4.08. The van der Waals surface area contributed by atoms with Crippen molar-refractivity contribution in [1.29, 1.82) is 0 Å². The van der Waals surface area contributed by atoms with Gasteiger partial charge in [0.15, 0.2) is 0 Å². The van der Waals surface area contributed by atoms with Crippen LogP contribution in [-0.4, -0.2) is 17.1 Å². The molecule has 1 aliphatic rings. The van der Waals surface area contributed by atoms with Crippen molar-refractivity contribution in [3.05, 3.63) is 40.0 Å². The van der Waals surface area contributed by atoms with Crippen LogP contribution in [0.4, 0.5) is 16.2 Å². The number of anilines is 1. The highest BCUT2D eigenvalue weighted by Crippen LogP contribution is 2.31. The number of amides is 1. The Morgan fingerprint density at radius 1 is 1.61 bits per heavy atom. The van der Waals surface area contributed by atoms with Crippen LogP contribution in [0.15, 0.2) is 18.7 Å². The molecule has 1 aliphatic heterocycles. The molecule has 18 heavy (non-hydrogen) atoms. The summed E-state index contributed by atoms with van der Waals surface area (Å²) in [7, 11) is 0. The van der Waals surface area contributed by atoms with Gasteiger partial charge in [-0.15, -0.1) is 0 Å². The first-order valence-corrected chi connectivity index (χ1v) is 5.42. The normalized spacial score (nSPS) is 18.1. The third kappa shape index (κ3) is 2.17. The number of ether oxygens (including phenoxy) is 1. The van der Waals surface area contributed by atoms with Crippen LogP contribution in [0.5, 0.6) is 0 Å². The van der Waals surface area contributed by atoms with Gasteiger partial charge in [0.1, 0.15) is 6.10 Å². The number of nitrogens with one attached hydrogen (secondary N) is 1. The van der Waals surface area contributed by atoms with Gasteiger partial charge < -0.3 is 4.74 Å². The van der Waals surface area contributed by atoms with Gasteiger partial charge in [0.05, 0.1) is 10.6 Å². The van der Waals surface area contributed by atoms with Gasteiger partial charge in [0.25, 0.3) is 5.69 Å². The lowest BCUT2D eigenvalue weighted by Gasteiger charge is -2.09. The predicted octanol–water partition coefficient (Wildman–Crippen LogP) is 2.73. The maximum Gasteiger partial charge on any atom is 0.411 e. The number of carbonyl (C=O) groups is 1. The number of nitro groups is 1. The Morgan fingerprint density at radius 3 is 2.94 bits per heavy atom. The molecule has 0 saturated carbocycles. The minimum Gasteiger partial charge on any atom is -0.446 e. The van der Waals surface area contributed by atoms with Crippen LogP contribution in [0.2, 0.25) is 0 Å². The number of fused-ring (bicyclic) bond motifs is 1. The first-order chi connectivity index (χ1) is 8.51. The van der Waals surface area contributed by atoms with Crippen LogP contribution in [-0.2, 0) is 11.2 Å². The molecule has 0 aliphatic carbocycles. The zero-order valence-corrected chi connectivity index (χ0v) is 9.80. The summed E-state index contributed by atoms with van der Waals surface area (Å²) in [6, 6.07) is 2.83. The lowest BCUT2D eigenvalue weighted by Crippen LogP contribution is -2.17. The number of hydrogen-bond acceptors (Lipinski definition) is 4. The minimum absolute atomic E-state index is 0.0213. The molecule has 1 N–H and O–H groups in total. The molecule has 1 heterocycles. The predicted molar refractivity (Wildman–Crippen MR) is 66.5 cm³/mol. The molecule has 1 aromatic rings. The lowest BCUT2D eigenvalue weighted by atomic mass is 10.0. The Labute approximate surface area is 103 Å². The van der Waals surface area contributed by atoms with Gasteiger partial charge in [-0.05, 0) is 12.5 Å².